The quantitative estimate of drug-likeness (QED) is 0.741. The van der Waals surface area contributed by atoms with Gasteiger partial charge in [-0.2, -0.15) is 0 Å². The molecule has 0 spiro atoms. The van der Waals surface area contributed by atoms with Crippen molar-refractivity contribution in [3.05, 3.63) is 22.3 Å². The van der Waals surface area contributed by atoms with Gasteiger partial charge in [0.25, 0.3) is 0 Å². The lowest BCUT2D eigenvalue weighted by Crippen LogP contribution is -2.10. The fourth-order valence-corrected chi connectivity index (χ4v) is 1.30. The van der Waals surface area contributed by atoms with E-state index in [2.05, 4.69) is 26.8 Å². The molecule has 0 aliphatic rings. The number of aryl methyl sites for hydroxylation is 1. The van der Waals surface area contributed by atoms with Crippen LogP contribution in [0.25, 0.3) is 0 Å². The van der Waals surface area contributed by atoms with Crippen molar-refractivity contribution in [3.63, 3.8) is 0 Å². The largest absolute Gasteiger partial charge is 0.461 e. The molecule has 1 atom stereocenters. The van der Waals surface area contributed by atoms with Gasteiger partial charge in [0.15, 0.2) is 6.10 Å². The van der Waals surface area contributed by atoms with Crippen molar-refractivity contribution in [2.24, 2.45) is 0 Å². The molecule has 1 heterocycles. The number of hydrogen-bond acceptors (Lipinski definition) is 2. The Morgan fingerprint density at radius 2 is 2.38 bits per heavy atom. The van der Waals surface area contributed by atoms with E-state index in [-0.39, 0.29) is 6.10 Å². The number of aromatic nitrogens is 1. The zero-order chi connectivity index (χ0) is 9.84. The van der Waals surface area contributed by atoms with Gasteiger partial charge in [-0.25, -0.2) is 4.98 Å². The van der Waals surface area contributed by atoms with E-state index in [0.717, 1.165) is 10.0 Å². The summed E-state index contributed by atoms with van der Waals surface area (Å²) >= 11 is 3.32. The number of ether oxygens (including phenoxy) is 1. The summed E-state index contributed by atoms with van der Waals surface area (Å²) in [7, 11) is 0. The van der Waals surface area contributed by atoms with Gasteiger partial charge in [0, 0.05) is 16.2 Å². The minimum absolute atomic E-state index is 0.243. The maximum atomic E-state index is 5.38. The lowest BCUT2D eigenvalue weighted by atomic mass is 10.3. The highest BCUT2D eigenvalue weighted by atomic mass is 79.9. The van der Waals surface area contributed by atoms with Crippen LogP contribution in [0.15, 0.2) is 16.7 Å². The number of halogens is 1. The molecule has 0 saturated carbocycles. The summed E-state index contributed by atoms with van der Waals surface area (Å²) in [5.41, 5.74) is 0.969. The maximum Gasteiger partial charge on any atom is 0.217 e. The van der Waals surface area contributed by atoms with Crippen LogP contribution in [0.2, 0.25) is 0 Å². The smallest absolute Gasteiger partial charge is 0.217 e. The number of hydrogen-bond donors (Lipinski definition) is 0. The summed E-state index contributed by atoms with van der Waals surface area (Å²) in [6.07, 6.45) is 6.63. The number of pyridine rings is 1. The third-order valence-electron chi connectivity index (χ3n) is 1.52. The number of terminal acetylenes is 1. The second kappa shape index (κ2) is 4.29. The topological polar surface area (TPSA) is 22.1 Å². The molecule has 0 saturated heterocycles. The van der Waals surface area contributed by atoms with E-state index >= 15 is 0 Å². The molecule has 0 N–H and O–H groups in total. The molecular weight excluding hydrogens is 230 g/mol. The van der Waals surface area contributed by atoms with Crippen molar-refractivity contribution in [2.75, 3.05) is 0 Å². The highest BCUT2D eigenvalue weighted by Crippen LogP contribution is 2.19. The van der Waals surface area contributed by atoms with Crippen molar-refractivity contribution >= 4 is 15.9 Å². The van der Waals surface area contributed by atoms with Gasteiger partial charge < -0.3 is 4.74 Å². The van der Waals surface area contributed by atoms with Crippen molar-refractivity contribution in [2.45, 2.75) is 20.0 Å². The van der Waals surface area contributed by atoms with Gasteiger partial charge >= 0.3 is 0 Å². The molecule has 1 rings (SSSR count). The van der Waals surface area contributed by atoms with E-state index in [4.69, 9.17) is 11.2 Å². The van der Waals surface area contributed by atoms with E-state index < -0.39 is 0 Å². The zero-order valence-electron chi connectivity index (χ0n) is 7.54. The molecule has 0 aromatic carbocycles. The van der Waals surface area contributed by atoms with Crippen LogP contribution in [-0.2, 0) is 0 Å². The molecule has 13 heavy (non-hydrogen) atoms. The predicted octanol–water partition coefficient (Wildman–Crippen LogP) is 2.55. The summed E-state index contributed by atoms with van der Waals surface area (Å²) in [4.78, 5) is 4.10. The summed E-state index contributed by atoms with van der Waals surface area (Å²) in [5.74, 6) is 3.07. The molecule has 1 unspecified atom stereocenters. The van der Waals surface area contributed by atoms with Crippen molar-refractivity contribution < 1.29 is 4.74 Å². The average Bonchev–Trinajstić information content (AvgIpc) is 2.09. The fraction of sp³-hybridized carbons (Fsp3) is 0.300. The molecule has 0 aliphatic heterocycles. The van der Waals surface area contributed by atoms with Crippen LogP contribution in [0.1, 0.15) is 12.5 Å². The Bertz CT molecular complexity index is 343. The van der Waals surface area contributed by atoms with E-state index in [1.807, 2.05) is 19.9 Å². The number of nitrogens with zero attached hydrogens (tertiary/aromatic N) is 1. The second-order valence-corrected chi connectivity index (χ2v) is 3.62. The van der Waals surface area contributed by atoms with Crippen LogP contribution in [0, 0.1) is 19.3 Å². The van der Waals surface area contributed by atoms with E-state index in [9.17, 15) is 0 Å². The number of rotatable bonds is 2. The normalized spacial score (nSPS) is 11.8. The third-order valence-corrected chi connectivity index (χ3v) is 1.95. The molecule has 0 bridgehead atoms. The molecule has 0 radical (unpaired) electrons. The Balaban J connectivity index is 2.85. The zero-order valence-corrected chi connectivity index (χ0v) is 9.13. The SMILES string of the molecule is C#CC(C)Oc1ncc(Br)cc1C. The Labute approximate surface area is 86.5 Å². The Morgan fingerprint density at radius 3 is 2.92 bits per heavy atom. The Hall–Kier alpha value is -1.01. The molecule has 3 heteroatoms. The highest BCUT2D eigenvalue weighted by Gasteiger charge is 2.04. The van der Waals surface area contributed by atoms with Gasteiger partial charge in [-0.1, -0.05) is 5.92 Å². The van der Waals surface area contributed by atoms with Gasteiger partial charge in [0.2, 0.25) is 5.88 Å². The van der Waals surface area contributed by atoms with Gasteiger partial charge in [-0.05, 0) is 35.8 Å². The molecular formula is C10H10BrNO. The lowest BCUT2D eigenvalue weighted by Gasteiger charge is -2.09. The van der Waals surface area contributed by atoms with Crippen molar-refractivity contribution in [3.8, 4) is 18.2 Å². The Kier molecular flexibility index (Phi) is 3.32. The first kappa shape index (κ1) is 10.1. The first-order chi connectivity index (χ1) is 6.13. The summed E-state index contributed by atoms with van der Waals surface area (Å²) in [6, 6.07) is 1.94. The summed E-state index contributed by atoms with van der Waals surface area (Å²) in [6.45, 7) is 3.74. The van der Waals surface area contributed by atoms with Crippen LogP contribution >= 0.6 is 15.9 Å². The van der Waals surface area contributed by atoms with Crippen LogP contribution in [0.3, 0.4) is 0 Å². The van der Waals surface area contributed by atoms with Gasteiger partial charge in [0.05, 0.1) is 0 Å². The van der Waals surface area contributed by atoms with E-state index in [0.29, 0.717) is 5.88 Å². The molecule has 2 nitrogen and oxygen atoms in total. The highest BCUT2D eigenvalue weighted by molar-refractivity contribution is 9.10. The summed E-state index contributed by atoms with van der Waals surface area (Å²) < 4.78 is 6.32. The fourth-order valence-electron chi connectivity index (χ4n) is 0.853. The standard InChI is InChI=1S/C10H10BrNO/c1-4-8(3)13-10-7(2)5-9(11)6-12-10/h1,5-6,8H,2-3H3. The molecule has 0 fully saturated rings. The minimum atomic E-state index is -0.243. The van der Waals surface area contributed by atoms with Gasteiger partial charge in [-0.15, -0.1) is 6.42 Å². The molecule has 0 amide bonds. The average molecular weight is 240 g/mol. The summed E-state index contributed by atoms with van der Waals surface area (Å²) in [5, 5.41) is 0. The van der Waals surface area contributed by atoms with Crippen molar-refractivity contribution in [1.29, 1.82) is 0 Å². The lowest BCUT2D eigenvalue weighted by molar-refractivity contribution is 0.266. The van der Waals surface area contributed by atoms with Crippen LogP contribution in [-0.4, -0.2) is 11.1 Å². The van der Waals surface area contributed by atoms with Gasteiger partial charge in [0.1, 0.15) is 0 Å². The van der Waals surface area contributed by atoms with Gasteiger partial charge in [-0.3, -0.25) is 0 Å². The molecule has 1 aromatic heterocycles. The third kappa shape index (κ3) is 2.74. The first-order valence-electron chi connectivity index (χ1n) is 3.88. The van der Waals surface area contributed by atoms with E-state index in [1.54, 1.807) is 6.20 Å². The molecule has 0 aliphatic carbocycles. The predicted molar refractivity (Wildman–Crippen MR) is 55.6 cm³/mol. The second-order valence-electron chi connectivity index (χ2n) is 2.70. The van der Waals surface area contributed by atoms with Crippen LogP contribution in [0.5, 0.6) is 5.88 Å². The minimum Gasteiger partial charge on any atom is -0.461 e. The molecule has 68 valence electrons. The van der Waals surface area contributed by atoms with E-state index in [1.165, 1.54) is 0 Å². The molecule has 1 aromatic rings. The Morgan fingerprint density at radius 1 is 1.69 bits per heavy atom. The van der Waals surface area contributed by atoms with Crippen LogP contribution in [0.4, 0.5) is 0 Å². The van der Waals surface area contributed by atoms with Crippen LogP contribution < -0.4 is 4.74 Å². The maximum absolute atomic E-state index is 5.38. The van der Waals surface area contributed by atoms with Crippen molar-refractivity contribution in [1.82, 2.24) is 4.98 Å². The first-order valence-corrected chi connectivity index (χ1v) is 4.67. The monoisotopic (exact) mass is 239 g/mol.